The topological polar surface area (TPSA) is 12.0 Å². The molecule has 0 bridgehead atoms. The number of halogens is 1. The van der Waals surface area contributed by atoms with E-state index in [1.807, 2.05) is 0 Å². The van der Waals surface area contributed by atoms with Gasteiger partial charge in [0.15, 0.2) is 0 Å². The predicted octanol–water partition coefficient (Wildman–Crippen LogP) is 1.20. The number of nitrogens with one attached hydrogen (secondary N) is 1. The Kier molecular flexibility index (Phi) is 3.02. The molecule has 40 valence electrons. The largest absolute Gasteiger partial charge is 0.394 e. The lowest BCUT2D eigenvalue weighted by Gasteiger charge is -1.80. The van der Waals surface area contributed by atoms with Gasteiger partial charge in [-0.05, 0) is 12.3 Å². The van der Waals surface area contributed by atoms with Crippen LogP contribution in [0, 0.1) is 0 Å². The molecule has 0 aliphatic carbocycles. The molecule has 0 rings (SSSR count). The first-order valence-electron chi connectivity index (χ1n) is 1.95. The fourth-order valence-electron chi connectivity index (χ4n) is 0.174. The molecule has 2 heteroatoms. The van der Waals surface area contributed by atoms with Crippen LogP contribution in [-0.2, 0) is 0 Å². The first-order chi connectivity index (χ1) is 3.27. The van der Waals surface area contributed by atoms with Crippen LogP contribution >= 0.6 is 0 Å². The first-order valence-corrected chi connectivity index (χ1v) is 1.95. The van der Waals surface area contributed by atoms with Gasteiger partial charge in [0.1, 0.15) is 5.83 Å². The molecule has 7 heavy (non-hydrogen) atoms. The van der Waals surface area contributed by atoms with E-state index in [4.69, 9.17) is 0 Å². The average molecular weight is 101 g/mol. The number of hydrogen-bond acceptors (Lipinski definition) is 1. The van der Waals surface area contributed by atoms with Crippen LogP contribution in [-0.4, -0.2) is 7.05 Å². The van der Waals surface area contributed by atoms with Gasteiger partial charge in [-0.15, -0.1) is 0 Å². The van der Waals surface area contributed by atoms with E-state index in [1.165, 1.54) is 12.3 Å². The standard InChI is InChI=1S/C5H8FN/c1-5(6)3-4-7-2/h3-4,7H,1H2,2H3/b4-3-. The van der Waals surface area contributed by atoms with Crippen molar-refractivity contribution in [1.82, 2.24) is 5.32 Å². The lowest BCUT2D eigenvalue weighted by molar-refractivity contribution is 0.670. The van der Waals surface area contributed by atoms with Crippen LogP contribution in [0.2, 0.25) is 0 Å². The van der Waals surface area contributed by atoms with Crippen LogP contribution < -0.4 is 5.32 Å². The molecule has 0 saturated carbocycles. The van der Waals surface area contributed by atoms with Crippen LogP contribution in [0.25, 0.3) is 0 Å². The fraction of sp³-hybridized carbons (Fsp3) is 0.200. The summed E-state index contributed by atoms with van der Waals surface area (Å²) in [6.07, 6.45) is 2.72. The minimum absolute atomic E-state index is 0.436. The van der Waals surface area contributed by atoms with E-state index >= 15 is 0 Å². The summed E-state index contributed by atoms with van der Waals surface area (Å²) in [7, 11) is 1.69. The number of allylic oxidation sites excluding steroid dienone is 2. The van der Waals surface area contributed by atoms with Crippen LogP contribution in [0.1, 0.15) is 0 Å². The van der Waals surface area contributed by atoms with Crippen molar-refractivity contribution in [3.8, 4) is 0 Å². The zero-order valence-electron chi connectivity index (χ0n) is 4.24. The Morgan fingerprint density at radius 3 is 2.57 bits per heavy atom. The Balaban J connectivity index is 3.26. The second-order valence-corrected chi connectivity index (χ2v) is 1.07. The zero-order valence-corrected chi connectivity index (χ0v) is 4.24. The molecule has 0 aromatic carbocycles. The molecule has 0 aromatic rings. The van der Waals surface area contributed by atoms with E-state index in [0.717, 1.165) is 0 Å². The van der Waals surface area contributed by atoms with Gasteiger partial charge < -0.3 is 5.32 Å². The summed E-state index contributed by atoms with van der Waals surface area (Å²) in [5, 5.41) is 2.62. The third-order valence-corrected chi connectivity index (χ3v) is 0.431. The lowest BCUT2D eigenvalue weighted by atomic mass is 10.6. The summed E-state index contributed by atoms with van der Waals surface area (Å²) in [6.45, 7) is 3.00. The molecule has 0 aliphatic rings. The molecule has 0 fully saturated rings. The third-order valence-electron chi connectivity index (χ3n) is 0.431. The summed E-state index contributed by atoms with van der Waals surface area (Å²) in [5.74, 6) is -0.436. The number of hydrogen-bond donors (Lipinski definition) is 1. The van der Waals surface area contributed by atoms with Crippen molar-refractivity contribution < 1.29 is 4.39 Å². The van der Waals surface area contributed by atoms with E-state index in [1.54, 1.807) is 7.05 Å². The second-order valence-electron chi connectivity index (χ2n) is 1.07. The summed E-state index contributed by atoms with van der Waals surface area (Å²) in [4.78, 5) is 0. The molecular formula is C5H8FN. The third kappa shape index (κ3) is 5.21. The maximum Gasteiger partial charge on any atom is 0.117 e. The molecule has 0 unspecified atom stereocenters. The predicted molar refractivity (Wildman–Crippen MR) is 28.4 cm³/mol. The van der Waals surface area contributed by atoms with Crippen LogP contribution in [0.5, 0.6) is 0 Å². The Bertz CT molecular complexity index is 86.1. The molecule has 0 heterocycles. The minimum atomic E-state index is -0.436. The fourth-order valence-corrected chi connectivity index (χ4v) is 0.174. The first kappa shape index (κ1) is 6.21. The highest BCUT2D eigenvalue weighted by atomic mass is 19.1. The highest BCUT2D eigenvalue weighted by molar-refractivity contribution is 5.04. The van der Waals surface area contributed by atoms with Crippen molar-refractivity contribution in [1.29, 1.82) is 0 Å². The molecule has 0 amide bonds. The summed E-state index contributed by atoms with van der Waals surface area (Å²) >= 11 is 0. The average Bonchev–Trinajstić information content (AvgIpc) is 1.61. The van der Waals surface area contributed by atoms with Crippen molar-refractivity contribution in [3.05, 3.63) is 24.7 Å². The van der Waals surface area contributed by atoms with Crippen molar-refractivity contribution in [2.45, 2.75) is 0 Å². The molecule has 0 aliphatic heterocycles. The molecule has 0 saturated heterocycles. The summed E-state index contributed by atoms with van der Waals surface area (Å²) in [5.41, 5.74) is 0. The van der Waals surface area contributed by atoms with Gasteiger partial charge in [-0.25, -0.2) is 4.39 Å². The van der Waals surface area contributed by atoms with Crippen LogP contribution in [0.3, 0.4) is 0 Å². The zero-order chi connectivity index (χ0) is 5.70. The Labute approximate surface area is 42.5 Å². The molecule has 0 atom stereocenters. The highest BCUT2D eigenvalue weighted by Crippen LogP contribution is 1.88. The van der Waals surface area contributed by atoms with Gasteiger partial charge in [0.05, 0.1) is 0 Å². The molecule has 0 aromatic heterocycles. The second kappa shape index (κ2) is 3.40. The lowest BCUT2D eigenvalue weighted by Crippen LogP contribution is -1.90. The van der Waals surface area contributed by atoms with Gasteiger partial charge >= 0.3 is 0 Å². The van der Waals surface area contributed by atoms with Gasteiger partial charge in [-0.2, -0.15) is 0 Å². The smallest absolute Gasteiger partial charge is 0.117 e. The summed E-state index contributed by atoms with van der Waals surface area (Å²) in [6, 6.07) is 0. The molecular weight excluding hydrogens is 93.1 g/mol. The highest BCUT2D eigenvalue weighted by Gasteiger charge is 1.72. The molecule has 0 spiro atoms. The SMILES string of the molecule is C=C(F)/C=C\NC. The normalized spacial score (nSPS) is 9.43. The van der Waals surface area contributed by atoms with Gasteiger partial charge in [0.2, 0.25) is 0 Å². The molecule has 1 N–H and O–H groups in total. The molecule has 0 radical (unpaired) electrons. The summed E-state index contributed by atoms with van der Waals surface area (Å²) < 4.78 is 11.6. The van der Waals surface area contributed by atoms with E-state index in [2.05, 4.69) is 11.9 Å². The maximum absolute atomic E-state index is 11.6. The Morgan fingerprint density at radius 1 is 1.86 bits per heavy atom. The quantitative estimate of drug-likeness (QED) is 0.515. The molecule has 1 nitrogen and oxygen atoms in total. The van der Waals surface area contributed by atoms with Crippen molar-refractivity contribution in [3.63, 3.8) is 0 Å². The van der Waals surface area contributed by atoms with Crippen LogP contribution in [0.15, 0.2) is 24.7 Å². The Morgan fingerprint density at radius 2 is 2.43 bits per heavy atom. The number of rotatable bonds is 2. The van der Waals surface area contributed by atoms with E-state index in [0.29, 0.717) is 0 Å². The monoisotopic (exact) mass is 101 g/mol. The maximum atomic E-state index is 11.6. The van der Waals surface area contributed by atoms with Gasteiger partial charge in [-0.1, -0.05) is 6.58 Å². The van der Waals surface area contributed by atoms with Gasteiger partial charge in [0.25, 0.3) is 0 Å². The van der Waals surface area contributed by atoms with Gasteiger partial charge in [0, 0.05) is 7.05 Å². The van der Waals surface area contributed by atoms with E-state index < -0.39 is 5.83 Å². The minimum Gasteiger partial charge on any atom is -0.394 e. The van der Waals surface area contributed by atoms with E-state index in [-0.39, 0.29) is 0 Å². The van der Waals surface area contributed by atoms with E-state index in [9.17, 15) is 4.39 Å². The van der Waals surface area contributed by atoms with Crippen molar-refractivity contribution in [2.75, 3.05) is 7.05 Å². The van der Waals surface area contributed by atoms with Gasteiger partial charge in [-0.3, -0.25) is 0 Å². The Hall–Kier alpha value is -0.790. The van der Waals surface area contributed by atoms with Crippen molar-refractivity contribution in [2.24, 2.45) is 0 Å². The van der Waals surface area contributed by atoms with Crippen molar-refractivity contribution >= 4 is 0 Å². The van der Waals surface area contributed by atoms with Crippen LogP contribution in [0.4, 0.5) is 4.39 Å².